The second-order valence-electron chi connectivity index (χ2n) is 4.96. The molecule has 9 nitrogen and oxygen atoms in total. The first kappa shape index (κ1) is 13.2. The lowest BCUT2D eigenvalue weighted by Gasteiger charge is -2.27. The van der Waals surface area contributed by atoms with Gasteiger partial charge in [-0.15, -0.1) is 0 Å². The van der Waals surface area contributed by atoms with Gasteiger partial charge in [-0.3, -0.25) is 4.57 Å². The highest BCUT2D eigenvalue weighted by Crippen LogP contribution is 2.39. The molecule has 4 atom stereocenters. The van der Waals surface area contributed by atoms with Crippen molar-refractivity contribution < 1.29 is 20.1 Å². The van der Waals surface area contributed by atoms with Gasteiger partial charge in [0.1, 0.15) is 29.7 Å². The second-order valence-corrected chi connectivity index (χ2v) is 4.96. The molecule has 0 saturated carbocycles. The summed E-state index contributed by atoms with van der Waals surface area (Å²) in [5.74, 6) is 0.214. The fourth-order valence-electron chi connectivity index (χ4n) is 2.43. The van der Waals surface area contributed by atoms with Crippen LogP contribution in [0.3, 0.4) is 0 Å². The Bertz CT molecular complexity index is 643. The van der Waals surface area contributed by atoms with Crippen molar-refractivity contribution in [2.45, 2.75) is 31.0 Å². The van der Waals surface area contributed by atoms with Crippen LogP contribution in [0.15, 0.2) is 12.7 Å². The molecule has 5 N–H and O–H groups in total. The number of anilines is 1. The number of rotatable bonds is 2. The zero-order chi connectivity index (χ0) is 14.5. The lowest BCUT2D eigenvalue weighted by Crippen LogP contribution is -2.44. The van der Waals surface area contributed by atoms with E-state index in [2.05, 4.69) is 15.0 Å². The summed E-state index contributed by atoms with van der Waals surface area (Å²) in [6.45, 7) is 1.02. The van der Waals surface area contributed by atoms with Gasteiger partial charge in [0.05, 0.1) is 12.9 Å². The summed E-state index contributed by atoms with van der Waals surface area (Å²) in [6, 6.07) is 0. The Morgan fingerprint density at radius 2 is 2.20 bits per heavy atom. The fraction of sp³-hybridized carbons (Fsp3) is 0.545. The van der Waals surface area contributed by atoms with Crippen molar-refractivity contribution in [1.82, 2.24) is 19.5 Å². The molecule has 108 valence electrons. The van der Waals surface area contributed by atoms with Crippen LogP contribution < -0.4 is 5.73 Å². The molecular formula is C11H15N5O4. The SMILES string of the molecule is C[C@@]1(O)[C@H](O)[C@H](CO)O[C@@H]1n1cnc2c(N)ncnc21. The third-order valence-electron chi connectivity index (χ3n) is 3.57. The summed E-state index contributed by atoms with van der Waals surface area (Å²) in [5, 5.41) is 29.6. The topological polar surface area (TPSA) is 140 Å². The molecule has 3 rings (SSSR count). The molecule has 0 radical (unpaired) electrons. The van der Waals surface area contributed by atoms with Crippen LogP contribution in [-0.2, 0) is 4.74 Å². The number of hydrogen-bond donors (Lipinski definition) is 4. The number of nitrogen functional groups attached to an aromatic ring is 1. The average Bonchev–Trinajstić information content (AvgIpc) is 2.92. The summed E-state index contributed by atoms with van der Waals surface area (Å²) in [5.41, 5.74) is 4.87. The van der Waals surface area contributed by atoms with E-state index in [-0.39, 0.29) is 5.82 Å². The quantitative estimate of drug-likeness (QED) is 0.516. The van der Waals surface area contributed by atoms with Crippen molar-refractivity contribution in [2.24, 2.45) is 0 Å². The smallest absolute Gasteiger partial charge is 0.168 e. The van der Waals surface area contributed by atoms with Crippen LogP contribution in [0.2, 0.25) is 0 Å². The zero-order valence-corrected chi connectivity index (χ0v) is 10.7. The molecule has 2 aromatic rings. The van der Waals surface area contributed by atoms with E-state index in [1.165, 1.54) is 24.1 Å². The summed E-state index contributed by atoms with van der Waals surface area (Å²) in [7, 11) is 0. The summed E-state index contributed by atoms with van der Waals surface area (Å²) in [6.07, 6.45) is -0.365. The van der Waals surface area contributed by atoms with Crippen molar-refractivity contribution in [3.05, 3.63) is 12.7 Å². The maximum Gasteiger partial charge on any atom is 0.168 e. The molecule has 20 heavy (non-hydrogen) atoms. The fourth-order valence-corrected chi connectivity index (χ4v) is 2.43. The van der Waals surface area contributed by atoms with Gasteiger partial charge in [-0.05, 0) is 6.92 Å². The Morgan fingerprint density at radius 1 is 1.45 bits per heavy atom. The first-order chi connectivity index (χ1) is 9.46. The Hall–Kier alpha value is -1.81. The van der Waals surface area contributed by atoms with Crippen LogP contribution in [0.1, 0.15) is 13.2 Å². The number of hydrogen-bond acceptors (Lipinski definition) is 8. The highest BCUT2D eigenvalue weighted by atomic mass is 16.6. The van der Waals surface area contributed by atoms with Gasteiger partial charge in [0, 0.05) is 0 Å². The number of ether oxygens (including phenoxy) is 1. The van der Waals surface area contributed by atoms with E-state index in [4.69, 9.17) is 10.5 Å². The maximum atomic E-state index is 10.4. The first-order valence-electron chi connectivity index (χ1n) is 6.06. The summed E-state index contributed by atoms with van der Waals surface area (Å²) < 4.78 is 6.97. The van der Waals surface area contributed by atoms with Gasteiger partial charge in [0.25, 0.3) is 0 Å². The zero-order valence-electron chi connectivity index (χ0n) is 10.7. The van der Waals surface area contributed by atoms with Crippen LogP contribution in [-0.4, -0.2) is 59.3 Å². The Kier molecular flexibility index (Phi) is 2.87. The van der Waals surface area contributed by atoms with Crippen LogP contribution in [0.4, 0.5) is 5.82 Å². The second kappa shape index (κ2) is 4.35. The van der Waals surface area contributed by atoms with E-state index in [9.17, 15) is 15.3 Å². The molecule has 0 unspecified atom stereocenters. The van der Waals surface area contributed by atoms with E-state index in [1.807, 2.05) is 0 Å². The van der Waals surface area contributed by atoms with Crippen LogP contribution in [0.5, 0.6) is 0 Å². The number of aliphatic hydroxyl groups excluding tert-OH is 2. The van der Waals surface area contributed by atoms with Crippen LogP contribution in [0, 0.1) is 0 Å². The van der Waals surface area contributed by atoms with Gasteiger partial charge in [-0.25, -0.2) is 15.0 Å². The van der Waals surface area contributed by atoms with Crippen molar-refractivity contribution in [1.29, 1.82) is 0 Å². The number of fused-ring (bicyclic) bond motifs is 1. The largest absolute Gasteiger partial charge is 0.394 e. The Morgan fingerprint density at radius 3 is 2.85 bits per heavy atom. The van der Waals surface area contributed by atoms with Crippen molar-refractivity contribution in [2.75, 3.05) is 12.3 Å². The van der Waals surface area contributed by atoms with Crippen LogP contribution in [0.25, 0.3) is 11.2 Å². The average molecular weight is 281 g/mol. The Labute approximate surface area is 113 Å². The van der Waals surface area contributed by atoms with Crippen LogP contribution >= 0.6 is 0 Å². The number of nitrogens with zero attached hydrogens (tertiary/aromatic N) is 4. The Balaban J connectivity index is 2.10. The van der Waals surface area contributed by atoms with Crippen molar-refractivity contribution in [3.63, 3.8) is 0 Å². The molecule has 1 saturated heterocycles. The molecule has 0 aliphatic carbocycles. The van der Waals surface area contributed by atoms with E-state index in [1.54, 1.807) is 0 Å². The third-order valence-corrected chi connectivity index (χ3v) is 3.57. The molecule has 1 fully saturated rings. The molecule has 0 amide bonds. The molecule has 2 aromatic heterocycles. The highest BCUT2D eigenvalue weighted by molar-refractivity contribution is 5.81. The van der Waals surface area contributed by atoms with Gasteiger partial charge in [-0.1, -0.05) is 0 Å². The van der Waals surface area contributed by atoms with Crippen molar-refractivity contribution >= 4 is 17.0 Å². The number of aromatic nitrogens is 4. The lowest BCUT2D eigenvalue weighted by molar-refractivity contribution is -0.0950. The highest BCUT2D eigenvalue weighted by Gasteiger charge is 2.53. The molecule has 9 heteroatoms. The predicted molar refractivity (Wildman–Crippen MR) is 67.4 cm³/mol. The maximum absolute atomic E-state index is 10.4. The summed E-state index contributed by atoms with van der Waals surface area (Å²) in [4.78, 5) is 12.0. The molecule has 3 heterocycles. The molecule has 1 aliphatic heterocycles. The number of imidazole rings is 1. The lowest BCUT2D eigenvalue weighted by atomic mass is 9.96. The normalized spacial score (nSPS) is 33.9. The molecule has 0 bridgehead atoms. The minimum atomic E-state index is -1.60. The standard InChI is InChI=1S/C11H15N5O4/c1-11(19)7(18)5(2-17)20-10(11)16-4-15-6-8(12)13-3-14-9(6)16/h3-5,7,10,17-19H,2H2,1H3,(H2,12,13,14)/t5-,7+,10-,11+/m0/s1. The molecule has 0 spiro atoms. The van der Waals surface area contributed by atoms with Gasteiger partial charge >= 0.3 is 0 Å². The van der Waals surface area contributed by atoms with Gasteiger partial charge in [0.15, 0.2) is 17.7 Å². The van der Waals surface area contributed by atoms with Gasteiger partial charge in [-0.2, -0.15) is 0 Å². The minimum Gasteiger partial charge on any atom is -0.394 e. The van der Waals surface area contributed by atoms with Gasteiger partial charge in [0.2, 0.25) is 0 Å². The van der Waals surface area contributed by atoms with E-state index < -0.39 is 30.6 Å². The monoisotopic (exact) mass is 281 g/mol. The third kappa shape index (κ3) is 1.68. The summed E-state index contributed by atoms with van der Waals surface area (Å²) >= 11 is 0. The number of nitrogens with two attached hydrogens (primary N) is 1. The first-order valence-corrected chi connectivity index (χ1v) is 6.06. The predicted octanol–water partition coefficient (Wildman–Crippen LogP) is -1.59. The molecule has 1 aliphatic rings. The van der Waals surface area contributed by atoms with E-state index >= 15 is 0 Å². The molecular weight excluding hydrogens is 266 g/mol. The van der Waals surface area contributed by atoms with Crippen molar-refractivity contribution in [3.8, 4) is 0 Å². The van der Waals surface area contributed by atoms with Gasteiger partial charge < -0.3 is 25.8 Å². The molecule has 0 aromatic carbocycles. The van der Waals surface area contributed by atoms with E-state index in [0.717, 1.165) is 0 Å². The number of aliphatic hydroxyl groups is 3. The van der Waals surface area contributed by atoms with E-state index in [0.29, 0.717) is 11.2 Å². The minimum absolute atomic E-state index is 0.214.